The van der Waals surface area contributed by atoms with Crippen molar-refractivity contribution < 1.29 is 4.42 Å². The van der Waals surface area contributed by atoms with E-state index in [0.717, 1.165) is 40.3 Å². The molecule has 0 unspecified atom stereocenters. The van der Waals surface area contributed by atoms with E-state index < -0.39 is 0 Å². The molecular weight excluding hydrogens is 282 g/mol. The lowest BCUT2D eigenvalue weighted by atomic mass is 10.1. The van der Waals surface area contributed by atoms with Crippen LogP contribution in [-0.2, 0) is 5.75 Å². The lowest BCUT2D eigenvalue weighted by Crippen LogP contribution is -2.03. The Kier molecular flexibility index (Phi) is 4.10. The fourth-order valence-corrected chi connectivity index (χ4v) is 2.95. The Labute approximate surface area is 128 Å². The molecule has 108 valence electrons. The molecule has 0 aliphatic heterocycles. The Bertz CT molecular complexity index is 754. The minimum absolute atomic E-state index is 0.697. The molecule has 3 rings (SSSR count). The molecule has 3 aromatic rings. The maximum atomic E-state index is 5.38. The number of para-hydroxylation sites is 1. The third-order valence-corrected chi connectivity index (χ3v) is 3.99. The number of nitrogens with one attached hydrogen (secondary N) is 1. The fourth-order valence-electron chi connectivity index (χ4n) is 2.13. The monoisotopic (exact) mass is 299 g/mol. The summed E-state index contributed by atoms with van der Waals surface area (Å²) < 4.78 is 5.38. The number of fused-ring (bicyclic) bond motifs is 1. The van der Waals surface area contributed by atoms with E-state index in [1.807, 2.05) is 25.1 Å². The van der Waals surface area contributed by atoms with Gasteiger partial charge >= 0.3 is 0 Å². The summed E-state index contributed by atoms with van der Waals surface area (Å²) in [6.45, 7) is 4.85. The molecule has 5 heteroatoms. The van der Waals surface area contributed by atoms with Gasteiger partial charge in [-0.1, -0.05) is 30.0 Å². The van der Waals surface area contributed by atoms with E-state index in [-0.39, 0.29) is 0 Å². The molecule has 1 N–H and O–H groups in total. The van der Waals surface area contributed by atoms with Crippen LogP contribution in [0.5, 0.6) is 0 Å². The molecule has 0 spiro atoms. The van der Waals surface area contributed by atoms with Gasteiger partial charge in [-0.25, -0.2) is 9.97 Å². The van der Waals surface area contributed by atoms with Crippen molar-refractivity contribution in [1.29, 1.82) is 0 Å². The van der Waals surface area contributed by atoms with E-state index in [1.165, 1.54) is 0 Å². The first-order valence-electron chi connectivity index (χ1n) is 6.93. The van der Waals surface area contributed by atoms with Crippen LogP contribution < -0.4 is 5.32 Å². The predicted octanol–water partition coefficient (Wildman–Crippen LogP) is 4.26. The van der Waals surface area contributed by atoms with E-state index in [0.29, 0.717) is 5.22 Å². The lowest BCUT2D eigenvalue weighted by Gasteiger charge is -2.10. The van der Waals surface area contributed by atoms with Crippen molar-refractivity contribution in [2.75, 3.05) is 11.9 Å². The Hall–Kier alpha value is -2.01. The number of thioether (sulfide) groups is 1. The first-order valence-corrected chi connectivity index (χ1v) is 7.92. The molecule has 0 amide bonds. The van der Waals surface area contributed by atoms with Crippen molar-refractivity contribution in [2.24, 2.45) is 0 Å². The minimum atomic E-state index is 0.697. The van der Waals surface area contributed by atoms with Gasteiger partial charge in [0.1, 0.15) is 12.1 Å². The van der Waals surface area contributed by atoms with Gasteiger partial charge in [-0.2, -0.15) is 0 Å². The first-order chi connectivity index (χ1) is 10.3. The quantitative estimate of drug-likeness (QED) is 0.714. The normalized spacial score (nSPS) is 11.0. The van der Waals surface area contributed by atoms with Gasteiger partial charge < -0.3 is 9.73 Å². The second-order valence-electron chi connectivity index (χ2n) is 4.76. The van der Waals surface area contributed by atoms with E-state index in [2.05, 4.69) is 29.4 Å². The number of hydrogen-bond donors (Lipinski definition) is 1. The van der Waals surface area contributed by atoms with Crippen LogP contribution >= 0.6 is 11.8 Å². The Balaban J connectivity index is 1.89. The van der Waals surface area contributed by atoms with Crippen molar-refractivity contribution in [3.63, 3.8) is 0 Å². The molecule has 2 heterocycles. The van der Waals surface area contributed by atoms with Crippen LogP contribution in [0, 0.1) is 6.92 Å². The third kappa shape index (κ3) is 3.19. The molecule has 1 aromatic carbocycles. The summed E-state index contributed by atoms with van der Waals surface area (Å²) in [5, 5.41) is 5.18. The van der Waals surface area contributed by atoms with Crippen LogP contribution in [0.4, 0.5) is 5.82 Å². The minimum Gasteiger partial charge on any atom is -0.440 e. The summed E-state index contributed by atoms with van der Waals surface area (Å²) in [5.74, 6) is 1.71. The number of aromatic nitrogens is 2. The number of anilines is 1. The molecule has 2 aromatic heterocycles. The molecule has 0 bridgehead atoms. The average Bonchev–Trinajstić information content (AvgIpc) is 2.91. The number of nitrogens with zero attached hydrogens (tertiary/aromatic N) is 2. The highest BCUT2D eigenvalue weighted by atomic mass is 32.2. The van der Waals surface area contributed by atoms with Crippen LogP contribution in [0.3, 0.4) is 0 Å². The molecule has 0 saturated carbocycles. The second-order valence-corrected chi connectivity index (χ2v) is 5.69. The highest BCUT2D eigenvalue weighted by Gasteiger charge is 2.09. The summed E-state index contributed by atoms with van der Waals surface area (Å²) in [5.41, 5.74) is 3.08. The van der Waals surface area contributed by atoms with Crippen LogP contribution in [-0.4, -0.2) is 16.5 Å². The Morgan fingerprint density at radius 1 is 1.24 bits per heavy atom. The molecule has 0 atom stereocenters. The van der Waals surface area contributed by atoms with Gasteiger partial charge in [0, 0.05) is 23.2 Å². The highest BCUT2D eigenvalue weighted by molar-refractivity contribution is 7.98. The molecule has 21 heavy (non-hydrogen) atoms. The Morgan fingerprint density at radius 3 is 2.86 bits per heavy atom. The van der Waals surface area contributed by atoms with Crippen molar-refractivity contribution in [2.45, 2.75) is 24.8 Å². The highest BCUT2D eigenvalue weighted by Crippen LogP contribution is 2.28. The smallest absolute Gasteiger partial charge is 0.256 e. The van der Waals surface area contributed by atoms with Gasteiger partial charge in [0.15, 0.2) is 0 Å². The molecule has 0 radical (unpaired) electrons. The predicted molar refractivity (Wildman–Crippen MR) is 86.7 cm³/mol. The number of oxazole rings is 1. The van der Waals surface area contributed by atoms with E-state index in [4.69, 9.17) is 9.40 Å². The number of rotatable bonds is 5. The number of pyridine rings is 1. The van der Waals surface area contributed by atoms with Gasteiger partial charge in [-0.3, -0.25) is 0 Å². The van der Waals surface area contributed by atoms with E-state index >= 15 is 0 Å². The molecule has 0 aliphatic carbocycles. The zero-order valence-electron chi connectivity index (χ0n) is 12.1. The van der Waals surface area contributed by atoms with Gasteiger partial charge in [-0.15, -0.1) is 0 Å². The molecule has 0 aliphatic rings. The average molecular weight is 299 g/mol. The van der Waals surface area contributed by atoms with Crippen LogP contribution in [0.25, 0.3) is 10.9 Å². The second kappa shape index (κ2) is 6.18. The number of benzene rings is 1. The van der Waals surface area contributed by atoms with Gasteiger partial charge in [-0.05, 0) is 26.0 Å². The summed E-state index contributed by atoms with van der Waals surface area (Å²) in [6, 6.07) is 10.3. The van der Waals surface area contributed by atoms with Crippen LogP contribution in [0.2, 0.25) is 0 Å². The van der Waals surface area contributed by atoms with Gasteiger partial charge in [0.25, 0.3) is 5.22 Å². The zero-order chi connectivity index (χ0) is 14.7. The SMILES string of the molecule is CCNc1nc2ccccc2cc1CSc1nc(C)co1. The number of hydrogen-bond acceptors (Lipinski definition) is 5. The number of aryl methyl sites for hydroxylation is 1. The van der Waals surface area contributed by atoms with E-state index in [1.54, 1.807) is 18.0 Å². The standard InChI is InChI=1S/C16H17N3OS/c1-3-17-15-13(10-21-16-18-11(2)9-20-16)8-12-6-4-5-7-14(12)19-15/h4-9H,3,10H2,1-2H3,(H,17,19). The van der Waals surface area contributed by atoms with E-state index in [9.17, 15) is 0 Å². The summed E-state index contributed by atoms with van der Waals surface area (Å²) in [4.78, 5) is 9.03. The van der Waals surface area contributed by atoms with Crippen molar-refractivity contribution in [3.05, 3.63) is 47.9 Å². The van der Waals surface area contributed by atoms with Crippen LogP contribution in [0.1, 0.15) is 18.2 Å². The summed E-state index contributed by atoms with van der Waals surface area (Å²) in [6.07, 6.45) is 1.67. The zero-order valence-corrected chi connectivity index (χ0v) is 12.9. The van der Waals surface area contributed by atoms with Crippen molar-refractivity contribution in [3.8, 4) is 0 Å². The Morgan fingerprint density at radius 2 is 2.10 bits per heavy atom. The van der Waals surface area contributed by atoms with Gasteiger partial charge in [0.05, 0.1) is 11.2 Å². The van der Waals surface area contributed by atoms with Crippen molar-refractivity contribution in [1.82, 2.24) is 9.97 Å². The first kappa shape index (κ1) is 13.9. The molecular formula is C16H17N3OS. The molecule has 4 nitrogen and oxygen atoms in total. The molecule has 0 saturated heterocycles. The maximum Gasteiger partial charge on any atom is 0.256 e. The maximum absolute atomic E-state index is 5.38. The molecule has 0 fully saturated rings. The third-order valence-electron chi connectivity index (χ3n) is 3.10. The van der Waals surface area contributed by atoms with Crippen LogP contribution in [0.15, 0.2) is 46.2 Å². The topological polar surface area (TPSA) is 51.0 Å². The van der Waals surface area contributed by atoms with Gasteiger partial charge in [0.2, 0.25) is 0 Å². The van der Waals surface area contributed by atoms with Crippen molar-refractivity contribution >= 4 is 28.5 Å². The largest absolute Gasteiger partial charge is 0.440 e. The summed E-state index contributed by atoms with van der Waals surface area (Å²) in [7, 11) is 0. The lowest BCUT2D eigenvalue weighted by molar-refractivity contribution is 0.454. The fraction of sp³-hybridized carbons (Fsp3) is 0.250. The summed E-state index contributed by atoms with van der Waals surface area (Å²) >= 11 is 1.59.